The first-order valence-electron chi connectivity index (χ1n) is 10.9. The van der Waals surface area contributed by atoms with Crippen LogP contribution in [0.5, 0.6) is 0 Å². The van der Waals surface area contributed by atoms with Gasteiger partial charge in [0.15, 0.2) is 6.10 Å². The second kappa shape index (κ2) is 9.86. The summed E-state index contributed by atoms with van der Waals surface area (Å²) in [5, 5.41) is 2.83. The van der Waals surface area contributed by atoms with Crippen molar-refractivity contribution in [3.63, 3.8) is 0 Å². The SMILES string of the molecule is O=C(NC1CCC(F)(F)CC1)[C@H](c1cncnc1)N(CCc1cccc(F)c1)C(=O)C1CO1. The van der Waals surface area contributed by atoms with E-state index >= 15 is 0 Å². The highest BCUT2D eigenvalue weighted by Crippen LogP contribution is 2.33. The van der Waals surface area contributed by atoms with Crippen molar-refractivity contribution in [3.8, 4) is 0 Å². The summed E-state index contributed by atoms with van der Waals surface area (Å²) >= 11 is 0. The number of carbonyl (C=O) groups excluding carboxylic acids is 2. The van der Waals surface area contributed by atoms with Gasteiger partial charge in [-0.2, -0.15) is 0 Å². The molecular formula is C23H25F3N4O3. The first-order valence-corrected chi connectivity index (χ1v) is 10.9. The normalized spacial score (nSPS) is 20.6. The molecule has 2 amide bonds. The maximum absolute atomic E-state index is 13.6. The Hall–Kier alpha value is -3.01. The first-order chi connectivity index (χ1) is 15.8. The number of benzene rings is 1. The Morgan fingerprint density at radius 1 is 1.21 bits per heavy atom. The number of alkyl halides is 2. The number of carbonyl (C=O) groups is 2. The summed E-state index contributed by atoms with van der Waals surface area (Å²) in [4.78, 5) is 35.8. The third kappa shape index (κ3) is 6.07. The predicted octanol–water partition coefficient (Wildman–Crippen LogP) is 2.82. The average Bonchev–Trinajstić information content (AvgIpc) is 3.64. The minimum atomic E-state index is -2.72. The van der Waals surface area contributed by atoms with Gasteiger partial charge in [-0.15, -0.1) is 0 Å². The van der Waals surface area contributed by atoms with Crippen LogP contribution in [0.2, 0.25) is 0 Å². The highest BCUT2D eigenvalue weighted by molar-refractivity contribution is 5.91. The molecule has 2 heterocycles. The van der Waals surface area contributed by atoms with E-state index in [4.69, 9.17) is 4.74 Å². The van der Waals surface area contributed by atoms with Crippen LogP contribution in [0.1, 0.15) is 42.9 Å². The number of halogens is 3. The third-order valence-electron chi connectivity index (χ3n) is 5.94. The van der Waals surface area contributed by atoms with Gasteiger partial charge in [0.2, 0.25) is 11.8 Å². The molecule has 0 spiro atoms. The van der Waals surface area contributed by atoms with Gasteiger partial charge in [0.05, 0.1) is 6.61 Å². The van der Waals surface area contributed by atoms with Crippen molar-refractivity contribution in [1.82, 2.24) is 20.2 Å². The summed E-state index contributed by atoms with van der Waals surface area (Å²) < 4.78 is 45.9. The summed E-state index contributed by atoms with van der Waals surface area (Å²) in [6.45, 7) is 0.379. The Kier molecular flexibility index (Phi) is 6.92. The van der Waals surface area contributed by atoms with Gasteiger partial charge < -0.3 is 15.0 Å². The van der Waals surface area contributed by atoms with Crippen molar-refractivity contribution in [2.24, 2.45) is 0 Å². The monoisotopic (exact) mass is 462 g/mol. The Labute approximate surface area is 189 Å². The number of hydrogen-bond acceptors (Lipinski definition) is 5. The summed E-state index contributed by atoms with van der Waals surface area (Å²) in [7, 11) is 0. The topological polar surface area (TPSA) is 87.7 Å². The van der Waals surface area contributed by atoms with Crippen LogP contribution in [-0.4, -0.2) is 57.9 Å². The molecule has 1 aliphatic carbocycles. The van der Waals surface area contributed by atoms with E-state index in [1.807, 2.05) is 0 Å². The summed E-state index contributed by atoms with van der Waals surface area (Å²) in [6, 6.07) is 4.53. The lowest BCUT2D eigenvalue weighted by atomic mass is 9.92. The van der Waals surface area contributed by atoms with E-state index in [1.165, 1.54) is 35.8 Å². The maximum atomic E-state index is 13.6. The number of rotatable bonds is 8. The first kappa shape index (κ1) is 23.2. The van der Waals surface area contributed by atoms with E-state index in [-0.39, 0.29) is 44.7 Å². The minimum Gasteiger partial charge on any atom is -0.363 e. The molecule has 1 aromatic carbocycles. The number of nitrogens with one attached hydrogen (secondary N) is 1. The van der Waals surface area contributed by atoms with Gasteiger partial charge in [-0.3, -0.25) is 9.59 Å². The maximum Gasteiger partial charge on any atom is 0.255 e. The number of amides is 2. The molecular weight excluding hydrogens is 437 g/mol. The van der Waals surface area contributed by atoms with Crippen LogP contribution >= 0.6 is 0 Å². The van der Waals surface area contributed by atoms with Crippen LogP contribution in [0.15, 0.2) is 43.0 Å². The summed E-state index contributed by atoms with van der Waals surface area (Å²) in [5.74, 6) is -3.97. The minimum absolute atomic E-state index is 0.123. The molecule has 1 aliphatic heterocycles. The molecule has 1 unspecified atom stereocenters. The Morgan fingerprint density at radius 2 is 1.91 bits per heavy atom. The molecule has 0 radical (unpaired) electrons. The van der Waals surface area contributed by atoms with E-state index in [1.54, 1.807) is 12.1 Å². The van der Waals surface area contributed by atoms with Gasteiger partial charge >= 0.3 is 0 Å². The number of nitrogens with zero attached hydrogens (tertiary/aromatic N) is 3. The zero-order chi connectivity index (χ0) is 23.4. The molecule has 4 rings (SSSR count). The molecule has 1 N–H and O–H groups in total. The van der Waals surface area contributed by atoms with Crippen LogP contribution in [-0.2, 0) is 20.7 Å². The van der Waals surface area contributed by atoms with Gasteiger partial charge in [-0.05, 0) is 37.0 Å². The fourth-order valence-electron chi connectivity index (χ4n) is 4.07. The molecule has 33 heavy (non-hydrogen) atoms. The Balaban J connectivity index is 1.56. The predicted molar refractivity (Wildman–Crippen MR) is 112 cm³/mol. The Bertz CT molecular complexity index is 978. The van der Waals surface area contributed by atoms with Crippen LogP contribution in [0, 0.1) is 5.82 Å². The van der Waals surface area contributed by atoms with E-state index < -0.39 is 35.8 Å². The number of ether oxygens (including phenoxy) is 1. The highest BCUT2D eigenvalue weighted by atomic mass is 19.3. The molecule has 0 bridgehead atoms. The molecule has 1 saturated heterocycles. The van der Waals surface area contributed by atoms with Crippen molar-refractivity contribution in [1.29, 1.82) is 0 Å². The molecule has 2 aromatic rings. The Morgan fingerprint density at radius 3 is 2.55 bits per heavy atom. The number of aromatic nitrogens is 2. The highest BCUT2D eigenvalue weighted by Gasteiger charge is 2.42. The van der Waals surface area contributed by atoms with Crippen molar-refractivity contribution >= 4 is 11.8 Å². The second-order valence-electron chi connectivity index (χ2n) is 8.45. The van der Waals surface area contributed by atoms with Crippen molar-refractivity contribution in [3.05, 3.63) is 59.9 Å². The number of hydrogen-bond donors (Lipinski definition) is 1. The van der Waals surface area contributed by atoms with E-state index in [0.29, 0.717) is 17.5 Å². The molecule has 1 aromatic heterocycles. The number of epoxide rings is 1. The van der Waals surface area contributed by atoms with Crippen molar-refractivity contribution < 1.29 is 27.5 Å². The largest absolute Gasteiger partial charge is 0.363 e. The molecule has 1 saturated carbocycles. The zero-order valence-electron chi connectivity index (χ0n) is 17.9. The van der Waals surface area contributed by atoms with Crippen molar-refractivity contribution in [2.45, 2.75) is 56.2 Å². The molecule has 2 atom stereocenters. The lowest BCUT2D eigenvalue weighted by Crippen LogP contribution is -2.49. The average molecular weight is 462 g/mol. The second-order valence-corrected chi connectivity index (χ2v) is 8.45. The van der Waals surface area contributed by atoms with Crippen LogP contribution in [0.4, 0.5) is 13.2 Å². The molecule has 2 fully saturated rings. The van der Waals surface area contributed by atoms with Gasteiger partial charge in [0.1, 0.15) is 18.2 Å². The van der Waals surface area contributed by atoms with Crippen molar-refractivity contribution in [2.75, 3.05) is 13.2 Å². The van der Waals surface area contributed by atoms with Crippen LogP contribution in [0.25, 0.3) is 0 Å². The lowest BCUT2D eigenvalue weighted by Gasteiger charge is -2.34. The van der Waals surface area contributed by atoms with Gasteiger partial charge in [-0.25, -0.2) is 23.1 Å². The van der Waals surface area contributed by atoms with E-state index in [9.17, 15) is 22.8 Å². The molecule has 10 heteroatoms. The summed E-state index contributed by atoms with van der Waals surface area (Å²) in [6.07, 6.45) is 3.58. The summed E-state index contributed by atoms with van der Waals surface area (Å²) in [5.41, 5.74) is 1.06. The molecule has 176 valence electrons. The molecule has 2 aliphatic rings. The lowest BCUT2D eigenvalue weighted by molar-refractivity contribution is -0.142. The van der Waals surface area contributed by atoms with Crippen LogP contribution in [0.3, 0.4) is 0 Å². The quantitative estimate of drug-likeness (QED) is 0.610. The van der Waals surface area contributed by atoms with Gasteiger partial charge in [0, 0.05) is 43.4 Å². The third-order valence-corrected chi connectivity index (χ3v) is 5.94. The van der Waals surface area contributed by atoms with E-state index in [2.05, 4.69) is 15.3 Å². The fraction of sp³-hybridized carbons (Fsp3) is 0.478. The van der Waals surface area contributed by atoms with Crippen LogP contribution < -0.4 is 5.32 Å². The molecule has 7 nitrogen and oxygen atoms in total. The van der Waals surface area contributed by atoms with Gasteiger partial charge in [0.25, 0.3) is 5.91 Å². The zero-order valence-corrected chi connectivity index (χ0v) is 17.9. The van der Waals surface area contributed by atoms with Gasteiger partial charge in [-0.1, -0.05) is 12.1 Å². The van der Waals surface area contributed by atoms with E-state index in [0.717, 1.165) is 0 Å². The fourth-order valence-corrected chi connectivity index (χ4v) is 4.07. The standard InChI is InChI=1S/C23H25F3N4O3/c24-17-3-1-2-15(10-17)6-9-30(22(32)19-13-33-19)20(16-11-27-14-28-12-16)21(31)29-18-4-7-23(25,26)8-5-18/h1-3,10-12,14,18-20H,4-9,13H2,(H,29,31)/t19?,20-/m0/s1. The smallest absolute Gasteiger partial charge is 0.255 e.